The molecule has 0 aliphatic carbocycles. The quantitative estimate of drug-likeness (QED) is 0.380. The first-order valence-corrected chi connectivity index (χ1v) is 12.9. The number of benzene rings is 2. The number of hydrazone groups is 1. The second-order valence-electron chi connectivity index (χ2n) is 8.43. The van der Waals surface area contributed by atoms with Crippen LogP contribution in [0.2, 0.25) is 5.02 Å². The molecule has 0 radical (unpaired) electrons. The number of amides is 1. The summed E-state index contributed by atoms with van der Waals surface area (Å²) in [5.41, 5.74) is 9.90. The third kappa shape index (κ3) is 5.69. The maximum absolute atomic E-state index is 12.5. The monoisotopic (exact) mass is 500 g/mol. The molecular weight excluding hydrogens is 472 g/mol. The summed E-state index contributed by atoms with van der Waals surface area (Å²) < 4.78 is 27.7. The Balaban J connectivity index is 1.76. The predicted molar refractivity (Wildman–Crippen MR) is 139 cm³/mol. The molecule has 0 saturated carbocycles. The van der Waals surface area contributed by atoms with Crippen molar-refractivity contribution in [2.24, 2.45) is 5.10 Å². The van der Waals surface area contributed by atoms with Gasteiger partial charge in [-0.3, -0.25) is 9.10 Å². The van der Waals surface area contributed by atoms with E-state index in [0.29, 0.717) is 10.7 Å². The average Bonchev–Trinajstić information content (AvgIpc) is 3.03. The van der Waals surface area contributed by atoms with Gasteiger partial charge in [0, 0.05) is 27.7 Å². The molecule has 9 heteroatoms. The highest BCUT2D eigenvalue weighted by Gasteiger charge is 2.21. The number of nitrogens with zero attached hydrogens (tertiary/aromatic N) is 3. The number of carbonyl (C=O) groups excluding carboxylic acids is 1. The lowest BCUT2D eigenvalue weighted by Gasteiger charge is -2.21. The van der Waals surface area contributed by atoms with Crippen LogP contribution in [0.15, 0.2) is 47.6 Å². The normalized spacial score (nSPS) is 11.7. The molecular formula is C25H29ClN4O3S. The summed E-state index contributed by atoms with van der Waals surface area (Å²) >= 11 is 6.14. The first-order valence-electron chi connectivity index (χ1n) is 10.7. The van der Waals surface area contributed by atoms with E-state index < -0.39 is 22.5 Å². The summed E-state index contributed by atoms with van der Waals surface area (Å²) in [5.74, 6) is -0.568. The van der Waals surface area contributed by atoms with Gasteiger partial charge in [0.05, 0.1) is 18.2 Å². The molecule has 180 valence electrons. The van der Waals surface area contributed by atoms with Gasteiger partial charge in [0.2, 0.25) is 10.0 Å². The molecule has 34 heavy (non-hydrogen) atoms. The van der Waals surface area contributed by atoms with Crippen molar-refractivity contribution in [3.05, 3.63) is 81.1 Å². The molecule has 7 nitrogen and oxygen atoms in total. The van der Waals surface area contributed by atoms with Gasteiger partial charge in [0.1, 0.15) is 6.54 Å². The van der Waals surface area contributed by atoms with Crippen LogP contribution >= 0.6 is 11.6 Å². The summed E-state index contributed by atoms with van der Waals surface area (Å²) in [5, 5.41) is 4.48. The van der Waals surface area contributed by atoms with Crippen molar-refractivity contribution in [1.29, 1.82) is 0 Å². The Hall–Kier alpha value is -3.10. The van der Waals surface area contributed by atoms with Gasteiger partial charge in [-0.1, -0.05) is 23.7 Å². The Morgan fingerprint density at radius 2 is 1.71 bits per heavy atom. The highest BCUT2D eigenvalue weighted by molar-refractivity contribution is 7.92. The van der Waals surface area contributed by atoms with E-state index in [1.807, 2.05) is 26.8 Å². The van der Waals surface area contributed by atoms with Crippen molar-refractivity contribution < 1.29 is 13.2 Å². The van der Waals surface area contributed by atoms with Gasteiger partial charge in [-0.05, 0) is 81.6 Å². The Labute approximate surface area is 206 Å². The van der Waals surface area contributed by atoms with Gasteiger partial charge in [-0.15, -0.1) is 0 Å². The van der Waals surface area contributed by atoms with E-state index >= 15 is 0 Å². The number of nitrogens with one attached hydrogen (secondary N) is 1. The third-order valence-electron chi connectivity index (χ3n) is 5.74. The third-order valence-corrected chi connectivity index (χ3v) is 7.29. The number of aromatic nitrogens is 1. The molecule has 1 aromatic heterocycles. The van der Waals surface area contributed by atoms with Crippen LogP contribution in [0, 0.1) is 34.6 Å². The van der Waals surface area contributed by atoms with E-state index in [1.54, 1.807) is 18.3 Å². The Morgan fingerprint density at radius 3 is 2.32 bits per heavy atom. The molecule has 3 aromatic rings. The van der Waals surface area contributed by atoms with Gasteiger partial charge < -0.3 is 4.57 Å². The van der Waals surface area contributed by atoms with Crippen LogP contribution in [0.1, 0.15) is 33.6 Å². The second kappa shape index (κ2) is 10.0. The van der Waals surface area contributed by atoms with Crippen molar-refractivity contribution in [2.45, 2.75) is 34.6 Å². The highest BCUT2D eigenvalue weighted by atomic mass is 35.5. The van der Waals surface area contributed by atoms with E-state index in [-0.39, 0.29) is 0 Å². The van der Waals surface area contributed by atoms with Crippen molar-refractivity contribution >= 4 is 39.4 Å². The largest absolute Gasteiger partial charge is 0.318 e. The molecule has 2 aromatic carbocycles. The Bertz CT molecular complexity index is 1380. The topological polar surface area (TPSA) is 83.8 Å². The van der Waals surface area contributed by atoms with E-state index in [1.165, 1.54) is 17.2 Å². The minimum absolute atomic E-state index is 0.314. The molecule has 3 rings (SSSR count). The smallest absolute Gasteiger partial charge is 0.260 e. The fourth-order valence-corrected chi connectivity index (χ4v) is 4.68. The van der Waals surface area contributed by atoms with Crippen LogP contribution in [0.3, 0.4) is 0 Å². The molecule has 0 bridgehead atoms. The number of halogens is 1. The van der Waals surface area contributed by atoms with Crippen molar-refractivity contribution in [2.75, 3.05) is 17.1 Å². The zero-order chi connectivity index (χ0) is 25.2. The van der Waals surface area contributed by atoms with Crippen LogP contribution in [-0.2, 0) is 14.8 Å². The summed E-state index contributed by atoms with van der Waals surface area (Å²) in [6, 6.07) is 13.1. The number of sulfonamides is 1. The number of aryl methyl sites for hydroxylation is 4. The van der Waals surface area contributed by atoms with Gasteiger partial charge in [-0.2, -0.15) is 5.10 Å². The first-order chi connectivity index (χ1) is 15.9. The fraction of sp³-hybridized carbons (Fsp3) is 0.280. The molecule has 1 amide bonds. The molecule has 0 aliphatic rings. The highest BCUT2D eigenvalue weighted by Crippen LogP contribution is 2.25. The van der Waals surface area contributed by atoms with Gasteiger partial charge >= 0.3 is 0 Å². The van der Waals surface area contributed by atoms with Gasteiger partial charge in [0.25, 0.3) is 5.91 Å². The van der Waals surface area contributed by atoms with Crippen molar-refractivity contribution in [1.82, 2.24) is 9.99 Å². The number of hydrogen-bond acceptors (Lipinski definition) is 4. The van der Waals surface area contributed by atoms with E-state index in [2.05, 4.69) is 47.1 Å². The maximum atomic E-state index is 12.5. The standard InChI is InChI=1S/C25H29ClN4O3S/c1-16-7-10-23(11-18(16)3)30-19(4)12-21(20(30)5)14-27-28-25(31)15-29(34(6,32)33)22-9-8-17(2)24(26)13-22/h7-14H,15H2,1-6H3,(H,28,31)/b27-14+. The molecule has 0 fully saturated rings. The van der Waals surface area contributed by atoms with Crippen LogP contribution in [0.4, 0.5) is 5.69 Å². The maximum Gasteiger partial charge on any atom is 0.260 e. The van der Waals surface area contributed by atoms with Gasteiger partial charge in [-0.25, -0.2) is 13.8 Å². The summed E-state index contributed by atoms with van der Waals surface area (Å²) in [7, 11) is -3.71. The minimum atomic E-state index is -3.71. The first kappa shape index (κ1) is 25.5. The molecule has 0 spiro atoms. The molecule has 0 atom stereocenters. The predicted octanol–water partition coefficient (Wildman–Crippen LogP) is 4.59. The van der Waals surface area contributed by atoms with E-state index in [0.717, 1.165) is 38.8 Å². The summed E-state index contributed by atoms with van der Waals surface area (Å²) in [6.07, 6.45) is 2.60. The minimum Gasteiger partial charge on any atom is -0.318 e. The van der Waals surface area contributed by atoms with Crippen LogP contribution in [-0.4, -0.2) is 37.9 Å². The number of hydrogen-bond donors (Lipinski definition) is 1. The SMILES string of the molecule is Cc1ccc(-n2c(C)cc(/C=N/NC(=O)CN(c3ccc(C)c(Cl)c3)S(C)(=O)=O)c2C)cc1C. The zero-order valence-corrected chi connectivity index (χ0v) is 21.8. The van der Waals surface area contributed by atoms with Gasteiger partial charge in [0.15, 0.2) is 0 Å². The lowest BCUT2D eigenvalue weighted by Crippen LogP contribution is -2.39. The van der Waals surface area contributed by atoms with Crippen LogP contribution in [0.25, 0.3) is 5.69 Å². The van der Waals surface area contributed by atoms with E-state index in [4.69, 9.17) is 11.6 Å². The van der Waals surface area contributed by atoms with Crippen molar-refractivity contribution in [3.8, 4) is 5.69 Å². The molecule has 0 aliphatic heterocycles. The molecule has 0 unspecified atom stereocenters. The molecule has 1 heterocycles. The lowest BCUT2D eigenvalue weighted by atomic mass is 10.1. The van der Waals surface area contributed by atoms with Crippen LogP contribution < -0.4 is 9.73 Å². The fourth-order valence-electron chi connectivity index (χ4n) is 3.66. The summed E-state index contributed by atoms with van der Waals surface area (Å²) in [4.78, 5) is 12.5. The second-order valence-corrected chi connectivity index (χ2v) is 10.7. The Morgan fingerprint density at radius 1 is 1.03 bits per heavy atom. The molecule has 1 N–H and O–H groups in total. The van der Waals surface area contributed by atoms with Crippen molar-refractivity contribution in [3.63, 3.8) is 0 Å². The number of carbonyl (C=O) groups is 1. The zero-order valence-electron chi connectivity index (χ0n) is 20.2. The van der Waals surface area contributed by atoms with E-state index in [9.17, 15) is 13.2 Å². The number of rotatable bonds is 7. The average molecular weight is 501 g/mol. The Kier molecular flexibility index (Phi) is 7.53. The molecule has 0 saturated heterocycles. The van der Waals surface area contributed by atoms with Crippen LogP contribution in [0.5, 0.6) is 0 Å². The summed E-state index contributed by atoms with van der Waals surface area (Å²) in [6.45, 7) is 9.54. The number of anilines is 1. The lowest BCUT2D eigenvalue weighted by molar-refractivity contribution is -0.119.